The highest BCUT2D eigenvalue weighted by Crippen LogP contribution is 2.26. The van der Waals surface area contributed by atoms with Crippen molar-refractivity contribution in [1.82, 2.24) is 10.6 Å². The molecule has 0 saturated carbocycles. The molecule has 2 aromatic carbocycles. The van der Waals surface area contributed by atoms with E-state index in [4.69, 9.17) is 9.47 Å². The molecule has 1 atom stereocenters. The van der Waals surface area contributed by atoms with Crippen molar-refractivity contribution in [2.24, 2.45) is 0 Å². The zero-order valence-electron chi connectivity index (χ0n) is 15.9. The number of amides is 2. The molecular formula is C21H25N3O4. The predicted octanol–water partition coefficient (Wildman–Crippen LogP) is 1.94. The first-order valence-electron chi connectivity index (χ1n) is 9.28. The van der Waals surface area contributed by atoms with Crippen LogP contribution in [0, 0.1) is 0 Å². The number of methoxy groups -OCH3 is 1. The fourth-order valence-corrected chi connectivity index (χ4v) is 3.03. The van der Waals surface area contributed by atoms with Gasteiger partial charge in [0, 0.05) is 32.3 Å². The molecule has 2 aromatic rings. The lowest BCUT2D eigenvalue weighted by atomic mass is 10.2. The molecule has 3 rings (SSSR count). The average molecular weight is 383 g/mol. The lowest BCUT2D eigenvalue weighted by Crippen LogP contribution is -2.42. The molecule has 148 valence electrons. The van der Waals surface area contributed by atoms with Gasteiger partial charge in [-0.15, -0.1) is 0 Å². The maximum Gasteiger partial charge on any atom is 0.234 e. The summed E-state index contributed by atoms with van der Waals surface area (Å²) in [5.41, 5.74) is 0.792. The van der Waals surface area contributed by atoms with Crippen molar-refractivity contribution >= 4 is 17.5 Å². The van der Waals surface area contributed by atoms with E-state index in [0.717, 1.165) is 11.4 Å². The van der Waals surface area contributed by atoms with Crippen molar-refractivity contribution in [3.05, 3.63) is 54.6 Å². The SMILES string of the molecule is COCCNCC(=O)NC1CC(=O)N(c2ccc(Oc3ccccc3)cc2)C1. The Morgan fingerprint density at radius 3 is 2.54 bits per heavy atom. The number of anilines is 1. The Bertz CT molecular complexity index is 780. The Balaban J connectivity index is 1.51. The normalized spacial score (nSPS) is 16.2. The first-order chi connectivity index (χ1) is 13.7. The molecule has 0 bridgehead atoms. The van der Waals surface area contributed by atoms with Crippen LogP contribution in [0.25, 0.3) is 0 Å². The van der Waals surface area contributed by atoms with Crippen LogP contribution in [0.1, 0.15) is 6.42 Å². The van der Waals surface area contributed by atoms with E-state index in [1.807, 2.05) is 54.6 Å². The summed E-state index contributed by atoms with van der Waals surface area (Å²) < 4.78 is 10.7. The van der Waals surface area contributed by atoms with E-state index < -0.39 is 0 Å². The smallest absolute Gasteiger partial charge is 0.234 e. The number of hydrogen-bond donors (Lipinski definition) is 2. The molecule has 7 heteroatoms. The molecule has 1 heterocycles. The van der Waals surface area contributed by atoms with Gasteiger partial charge in [-0.25, -0.2) is 0 Å². The van der Waals surface area contributed by atoms with Crippen molar-refractivity contribution in [2.45, 2.75) is 12.5 Å². The van der Waals surface area contributed by atoms with Crippen LogP contribution in [0.15, 0.2) is 54.6 Å². The Morgan fingerprint density at radius 1 is 1.11 bits per heavy atom. The van der Waals surface area contributed by atoms with Gasteiger partial charge in [-0.05, 0) is 36.4 Å². The molecule has 2 amide bonds. The average Bonchev–Trinajstić information content (AvgIpc) is 3.06. The van der Waals surface area contributed by atoms with E-state index in [0.29, 0.717) is 31.9 Å². The standard InChI is InChI=1S/C21H25N3O4/c1-27-12-11-22-14-20(25)23-16-13-21(26)24(15-16)17-7-9-19(10-8-17)28-18-5-3-2-4-6-18/h2-10,16,22H,11-15H2,1H3,(H,23,25). The van der Waals surface area contributed by atoms with Gasteiger partial charge in [0.2, 0.25) is 11.8 Å². The number of hydrogen-bond acceptors (Lipinski definition) is 5. The quantitative estimate of drug-likeness (QED) is 0.647. The Kier molecular flexibility index (Phi) is 7.00. The van der Waals surface area contributed by atoms with Crippen LogP contribution in [0.2, 0.25) is 0 Å². The van der Waals surface area contributed by atoms with Crippen molar-refractivity contribution in [3.63, 3.8) is 0 Å². The van der Waals surface area contributed by atoms with Gasteiger partial charge in [0.1, 0.15) is 11.5 Å². The number of rotatable bonds is 9. The highest BCUT2D eigenvalue weighted by atomic mass is 16.5. The number of nitrogens with zero attached hydrogens (tertiary/aromatic N) is 1. The number of nitrogens with one attached hydrogen (secondary N) is 2. The molecular weight excluding hydrogens is 358 g/mol. The molecule has 1 fully saturated rings. The van der Waals surface area contributed by atoms with Crippen LogP contribution < -0.4 is 20.3 Å². The summed E-state index contributed by atoms with van der Waals surface area (Å²) in [5, 5.41) is 5.89. The highest BCUT2D eigenvalue weighted by Gasteiger charge is 2.31. The minimum absolute atomic E-state index is 0.00521. The maximum absolute atomic E-state index is 12.4. The van der Waals surface area contributed by atoms with Crippen molar-refractivity contribution in [1.29, 1.82) is 0 Å². The molecule has 0 aromatic heterocycles. The third-order valence-electron chi connectivity index (χ3n) is 4.39. The van der Waals surface area contributed by atoms with Crippen molar-refractivity contribution < 1.29 is 19.1 Å². The Labute approximate surface area is 164 Å². The van der Waals surface area contributed by atoms with Crippen LogP contribution >= 0.6 is 0 Å². The van der Waals surface area contributed by atoms with E-state index in [1.54, 1.807) is 12.0 Å². The van der Waals surface area contributed by atoms with Crippen LogP contribution in [-0.4, -0.2) is 51.2 Å². The van der Waals surface area contributed by atoms with Crippen LogP contribution in [-0.2, 0) is 14.3 Å². The summed E-state index contributed by atoms with van der Waals surface area (Å²) >= 11 is 0. The molecule has 28 heavy (non-hydrogen) atoms. The number of para-hydroxylation sites is 1. The molecule has 7 nitrogen and oxygen atoms in total. The monoisotopic (exact) mass is 383 g/mol. The highest BCUT2D eigenvalue weighted by molar-refractivity contribution is 5.97. The largest absolute Gasteiger partial charge is 0.457 e. The fraction of sp³-hybridized carbons (Fsp3) is 0.333. The van der Waals surface area contributed by atoms with E-state index in [-0.39, 0.29) is 24.4 Å². The van der Waals surface area contributed by atoms with Crippen LogP contribution in [0.5, 0.6) is 11.5 Å². The van der Waals surface area contributed by atoms with E-state index in [2.05, 4.69) is 10.6 Å². The zero-order valence-corrected chi connectivity index (χ0v) is 15.9. The predicted molar refractivity (Wildman–Crippen MR) is 107 cm³/mol. The molecule has 1 saturated heterocycles. The van der Waals surface area contributed by atoms with E-state index in [9.17, 15) is 9.59 Å². The van der Waals surface area contributed by atoms with Gasteiger partial charge in [0.15, 0.2) is 0 Å². The minimum Gasteiger partial charge on any atom is -0.457 e. The Morgan fingerprint density at radius 2 is 1.82 bits per heavy atom. The fourth-order valence-electron chi connectivity index (χ4n) is 3.03. The van der Waals surface area contributed by atoms with Gasteiger partial charge in [0.05, 0.1) is 19.2 Å². The van der Waals surface area contributed by atoms with Crippen molar-refractivity contribution in [3.8, 4) is 11.5 Å². The number of benzene rings is 2. The molecule has 1 aliphatic heterocycles. The molecule has 0 spiro atoms. The maximum atomic E-state index is 12.4. The van der Waals surface area contributed by atoms with Gasteiger partial charge in [-0.2, -0.15) is 0 Å². The lowest BCUT2D eigenvalue weighted by molar-refractivity contribution is -0.121. The topological polar surface area (TPSA) is 79.9 Å². The van der Waals surface area contributed by atoms with Gasteiger partial charge in [-0.3, -0.25) is 9.59 Å². The number of ether oxygens (including phenoxy) is 2. The second kappa shape index (κ2) is 9.87. The molecule has 0 radical (unpaired) electrons. The lowest BCUT2D eigenvalue weighted by Gasteiger charge is -2.18. The van der Waals surface area contributed by atoms with Gasteiger partial charge in [0.25, 0.3) is 0 Å². The van der Waals surface area contributed by atoms with Gasteiger partial charge in [-0.1, -0.05) is 18.2 Å². The van der Waals surface area contributed by atoms with Gasteiger partial charge < -0.3 is 25.0 Å². The van der Waals surface area contributed by atoms with Crippen LogP contribution in [0.3, 0.4) is 0 Å². The van der Waals surface area contributed by atoms with Gasteiger partial charge >= 0.3 is 0 Å². The third-order valence-corrected chi connectivity index (χ3v) is 4.39. The summed E-state index contributed by atoms with van der Waals surface area (Å²) in [5.74, 6) is 1.33. The summed E-state index contributed by atoms with van der Waals surface area (Å²) in [7, 11) is 1.61. The first kappa shape index (κ1) is 19.9. The molecule has 1 aliphatic rings. The van der Waals surface area contributed by atoms with E-state index in [1.165, 1.54) is 0 Å². The molecule has 2 N–H and O–H groups in total. The second-order valence-corrected chi connectivity index (χ2v) is 6.55. The molecule has 0 aliphatic carbocycles. The summed E-state index contributed by atoms with van der Waals surface area (Å²) in [4.78, 5) is 26.0. The summed E-state index contributed by atoms with van der Waals surface area (Å²) in [6.45, 7) is 1.82. The second-order valence-electron chi connectivity index (χ2n) is 6.55. The zero-order chi connectivity index (χ0) is 19.8. The first-order valence-corrected chi connectivity index (χ1v) is 9.28. The minimum atomic E-state index is -0.190. The van der Waals surface area contributed by atoms with E-state index >= 15 is 0 Å². The number of carbonyl (C=O) groups excluding carboxylic acids is 2. The third kappa shape index (κ3) is 5.55. The summed E-state index contributed by atoms with van der Waals surface area (Å²) in [6, 6.07) is 16.7. The Hall–Kier alpha value is -2.90. The summed E-state index contributed by atoms with van der Waals surface area (Å²) in [6.07, 6.45) is 0.298. The number of carbonyl (C=O) groups is 2. The molecule has 1 unspecified atom stereocenters. The van der Waals surface area contributed by atoms with Crippen LogP contribution in [0.4, 0.5) is 5.69 Å². The van der Waals surface area contributed by atoms with Crippen molar-refractivity contribution in [2.75, 3.05) is 38.3 Å².